The van der Waals surface area contributed by atoms with Crippen LogP contribution in [0.2, 0.25) is 0 Å². The number of hydrogen-bond acceptors (Lipinski definition) is 5. The monoisotopic (exact) mass is 535 g/mol. The van der Waals surface area contributed by atoms with Crippen LogP contribution in [0.3, 0.4) is 0 Å². The molecule has 0 atom stereocenters. The standard InChI is InChI=1S/C29H29F3N6O/c1-19-8-9-21(16-26(19)37-27-24(7-4-11-34-27)25-10-12-33-18-35-25)28(39)36-23-15-20(6-5-13-38(2)3)14-22(17-23)29(30,31)32/h4,7-12,14-18H,5-6,13H2,1-3H3,(H,34,37)(H,36,39)/p+1. The molecule has 10 heteroatoms. The molecule has 7 nitrogen and oxygen atoms in total. The number of amides is 1. The van der Waals surface area contributed by atoms with Gasteiger partial charge in [-0.25, -0.2) is 15.0 Å². The van der Waals surface area contributed by atoms with E-state index in [1.165, 1.54) is 11.2 Å². The number of benzene rings is 2. The van der Waals surface area contributed by atoms with E-state index in [4.69, 9.17) is 0 Å². The lowest BCUT2D eigenvalue weighted by Gasteiger charge is -2.15. The Morgan fingerprint density at radius 3 is 2.54 bits per heavy atom. The Balaban J connectivity index is 1.58. The molecule has 2 aromatic heterocycles. The van der Waals surface area contributed by atoms with Gasteiger partial charge in [0.1, 0.15) is 12.1 Å². The highest BCUT2D eigenvalue weighted by Crippen LogP contribution is 2.33. The maximum atomic E-state index is 13.6. The highest BCUT2D eigenvalue weighted by molar-refractivity contribution is 6.05. The molecular formula is C29H30F3N6O+. The summed E-state index contributed by atoms with van der Waals surface area (Å²) in [5.74, 6) is 0.0250. The first-order valence-electron chi connectivity index (χ1n) is 12.5. The lowest BCUT2D eigenvalue weighted by molar-refractivity contribution is -0.858. The molecule has 2 aromatic carbocycles. The zero-order chi connectivity index (χ0) is 28.0. The summed E-state index contributed by atoms with van der Waals surface area (Å²) in [5.41, 5.74) is 3.06. The molecule has 4 rings (SSSR count). The summed E-state index contributed by atoms with van der Waals surface area (Å²) in [5, 5.41) is 5.92. The van der Waals surface area contributed by atoms with Gasteiger partial charge in [-0.15, -0.1) is 0 Å². The van der Waals surface area contributed by atoms with Crippen molar-refractivity contribution in [3.63, 3.8) is 0 Å². The summed E-state index contributed by atoms with van der Waals surface area (Å²) in [7, 11) is 3.99. The third-order valence-electron chi connectivity index (χ3n) is 6.14. The molecule has 0 aliphatic heterocycles. The molecule has 2 heterocycles. The molecule has 3 N–H and O–H groups in total. The molecule has 0 saturated heterocycles. The van der Waals surface area contributed by atoms with Crippen LogP contribution in [0.1, 0.15) is 33.5 Å². The molecule has 1 amide bonds. The number of rotatable bonds is 9. The molecule has 0 aliphatic rings. The van der Waals surface area contributed by atoms with E-state index in [0.29, 0.717) is 29.2 Å². The van der Waals surface area contributed by atoms with Crippen molar-refractivity contribution in [3.05, 3.63) is 95.6 Å². The first-order valence-corrected chi connectivity index (χ1v) is 12.5. The van der Waals surface area contributed by atoms with Crippen molar-refractivity contribution in [2.45, 2.75) is 25.9 Å². The van der Waals surface area contributed by atoms with E-state index in [1.807, 2.05) is 27.1 Å². The zero-order valence-corrected chi connectivity index (χ0v) is 21.9. The Bertz CT molecular complexity index is 1440. The fraction of sp³-hybridized carbons (Fsp3) is 0.241. The normalized spacial score (nSPS) is 11.5. The average Bonchev–Trinajstić information content (AvgIpc) is 2.90. The van der Waals surface area contributed by atoms with Crippen LogP contribution >= 0.6 is 0 Å². The molecule has 0 unspecified atom stereocenters. The Morgan fingerprint density at radius 2 is 1.82 bits per heavy atom. The minimum Gasteiger partial charge on any atom is -0.340 e. The first kappa shape index (κ1) is 27.7. The third-order valence-corrected chi connectivity index (χ3v) is 6.14. The predicted octanol–water partition coefficient (Wildman–Crippen LogP) is 4.94. The Hall–Kier alpha value is -4.31. The van der Waals surface area contributed by atoms with Crippen LogP contribution in [-0.4, -0.2) is 41.5 Å². The number of pyridine rings is 1. The van der Waals surface area contributed by atoms with E-state index >= 15 is 0 Å². The van der Waals surface area contributed by atoms with Gasteiger partial charge >= 0.3 is 6.18 Å². The van der Waals surface area contributed by atoms with E-state index in [0.717, 1.165) is 36.2 Å². The summed E-state index contributed by atoms with van der Waals surface area (Å²) in [4.78, 5) is 27.0. The maximum absolute atomic E-state index is 13.6. The number of nitrogens with zero attached hydrogens (tertiary/aromatic N) is 3. The average molecular weight is 536 g/mol. The van der Waals surface area contributed by atoms with Crippen molar-refractivity contribution < 1.29 is 22.9 Å². The fourth-order valence-electron chi connectivity index (χ4n) is 4.11. The van der Waals surface area contributed by atoms with Gasteiger partial charge in [0, 0.05) is 41.3 Å². The molecule has 0 saturated carbocycles. The summed E-state index contributed by atoms with van der Waals surface area (Å²) in [6.07, 6.45) is 1.42. The number of hydrogen-bond donors (Lipinski definition) is 3. The van der Waals surface area contributed by atoms with E-state index in [1.54, 1.807) is 48.8 Å². The highest BCUT2D eigenvalue weighted by atomic mass is 19.4. The van der Waals surface area contributed by atoms with Crippen molar-refractivity contribution in [2.24, 2.45) is 0 Å². The second-order valence-electron chi connectivity index (χ2n) is 9.58. The van der Waals surface area contributed by atoms with Crippen molar-refractivity contribution in [3.8, 4) is 11.3 Å². The lowest BCUT2D eigenvalue weighted by Crippen LogP contribution is -3.05. The van der Waals surface area contributed by atoms with Crippen LogP contribution < -0.4 is 15.5 Å². The smallest absolute Gasteiger partial charge is 0.340 e. The molecule has 39 heavy (non-hydrogen) atoms. The summed E-state index contributed by atoms with van der Waals surface area (Å²) in [6.45, 7) is 2.71. The van der Waals surface area contributed by atoms with Crippen LogP contribution in [0.5, 0.6) is 0 Å². The summed E-state index contributed by atoms with van der Waals surface area (Å²) >= 11 is 0. The molecule has 0 fully saturated rings. The number of aryl methyl sites for hydroxylation is 2. The van der Waals surface area contributed by atoms with Crippen LogP contribution in [0.4, 0.5) is 30.4 Å². The molecule has 0 radical (unpaired) electrons. The van der Waals surface area contributed by atoms with Crippen molar-refractivity contribution in [2.75, 3.05) is 31.3 Å². The Kier molecular flexibility index (Phi) is 8.55. The van der Waals surface area contributed by atoms with E-state index < -0.39 is 17.6 Å². The minimum atomic E-state index is -4.52. The quantitative estimate of drug-likeness (QED) is 0.283. The van der Waals surface area contributed by atoms with Crippen LogP contribution in [-0.2, 0) is 12.6 Å². The van der Waals surface area contributed by atoms with Gasteiger partial charge in [0.2, 0.25) is 0 Å². The number of halogens is 3. The van der Waals surface area contributed by atoms with Gasteiger partial charge in [-0.05, 0) is 73.0 Å². The molecule has 0 spiro atoms. The fourth-order valence-corrected chi connectivity index (χ4v) is 4.11. The third kappa shape index (κ3) is 7.38. The maximum Gasteiger partial charge on any atom is 0.416 e. The number of carbonyl (C=O) groups is 1. The Labute approximate surface area is 225 Å². The zero-order valence-electron chi connectivity index (χ0n) is 21.9. The molecule has 202 valence electrons. The number of alkyl halides is 3. The topological polar surface area (TPSA) is 84.2 Å². The van der Waals surface area contributed by atoms with Gasteiger partial charge < -0.3 is 15.5 Å². The summed E-state index contributed by atoms with van der Waals surface area (Å²) < 4.78 is 40.7. The van der Waals surface area contributed by atoms with Crippen LogP contribution in [0, 0.1) is 6.92 Å². The van der Waals surface area contributed by atoms with Gasteiger partial charge in [-0.2, -0.15) is 13.2 Å². The van der Waals surface area contributed by atoms with Crippen molar-refractivity contribution >= 4 is 23.1 Å². The van der Waals surface area contributed by atoms with Crippen LogP contribution in [0.15, 0.2) is 73.3 Å². The summed E-state index contributed by atoms with van der Waals surface area (Å²) in [6, 6.07) is 14.2. The molecular weight excluding hydrogens is 505 g/mol. The second kappa shape index (κ2) is 12.0. The number of carbonyl (C=O) groups excluding carboxylic acids is 1. The van der Waals surface area contributed by atoms with Gasteiger partial charge in [0.05, 0.1) is 31.9 Å². The van der Waals surface area contributed by atoms with E-state index in [2.05, 4.69) is 25.6 Å². The second-order valence-corrected chi connectivity index (χ2v) is 9.58. The first-order chi connectivity index (χ1) is 18.6. The predicted molar refractivity (Wildman–Crippen MR) is 145 cm³/mol. The van der Waals surface area contributed by atoms with Gasteiger partial charge in [-0.3, -0.25) is 4.79 Å². The number of aromatic nitrogens is 3. The SMILES string of the molecule is Cc1ccc(C(=O)Nc2cc(CCC[NH+](C)C)cc(C(F)(F)F)c2)cc1Nc1ncccc1-c1ccncn1. The van der Waals surface area contributed by atoms with Gasteiger partial charge in [0.15, 0.2) is 0 Å². The Morgan fingerprint density at radius 1 is 1.00 bits per heavy atom. The van der Waals surface area contributed by atoms with Crippen molar-refractivity contribution in [1.82, 2.24) is 15.0 Å². The minimum absolute atomic E-state index is 0.105. The highest BCUT2D eigenvalue weighted by Gasteiger charge is 2.31. The van der Waals surface area contributed by atoms with Crippen molar-refractivity contribution in [1.29, 1.82) is 0 Å². The van der Waals surface area contributed by atoms with E-state index in [-0.39, 0.29) is 11.3 Å². The molecule has 0 bridgehead atoms. The number of anilines is 3. The van der Waals surface area contributed by atoms with E-state index in [9.17, 15) is 18.0 Å². The molecule has 4 aromatic rings. The van der Waals surface area contributed by atoms with Crippen LogP contribution in [0.25, 0.3) is 11.3 Å². The van der Waals surface area contributed by atoms with Gasteiger partial charge in [0.25, 0.3) is 5.91 Å². The van der Waals surface area contributed by atoms with Gasteiger partial charge in [-0.1, -0.05) is 6.07 Å². The lowest BCUT2D eigenvalue weighted by atomic mass is 10.0. The number of quaternary nitrogens is 1. The number of nitrogens with one attached hydrogen (secondary N) is 3. The molecule has 0 aliphatic carbocycles. The largest absolute Gasteiger partial charge is 0.416 e.